The minimum Gasteiger partial charge on any atom is -0.492 e. The molecular weight excluding hydrogens is 218 g/mol. The average molecular weight is 235 g/mol. The van der Waals surface area contributed by atoms with Crippen molar-refractivity contribution in [2.75, 3.05) is 38.6 Å². The third-order valence-electron chi connectivity index (χ3n) is 2.72. The van der Waals surface area contributed by atoms with Gasteiger partial charge in [0.2, 0.25) is 0 Å². The van der Waals surface area contributed by atoms with E-state index in [1.165, 1.54) is 0 Å². The van der Waals surface area contributed by atoms with Crippen molar-refractivity contribution in [2.24, 2.45) is 0 Å². The Hall–Kier alpha value is -1.91. The fourth-order valence-corrected chi connectivity index (χ4v) is 1.72. The predicted octanol–water partition coefficient (Wildman–Crippen LogP) is 1.13. The molecule has 1 aromatic rings. The van der Waals surface area contributed by atoms with E-state index in [0.29, 0.717) is 13.2 Å². The fraction of sp³-hybridized carbons (Fsp3) is 0.417. The highest BCUT2D eigenvalue weighted by Crippen LogP contribution is 2.14. The number of carbonyl (C=O) groups excluding carboxylic acids is 1. The zero-order valence-corrected chi connectivity index (χ0v) is 9.90. The molecule has 2 amide bonds. The van der Waals surface area contributed by atoms with Gasteiger partial charge >= 0.3 is 6.03 Å². The van der Waals surface area contributed by atoms with Crippen molar-refractivity contribution in [3.63, 3.8) is 0 Å². The number of amides is 2. The number of benzene rings is 1. The van der Waals surface area contributed by atoms with Gasteiger partial charge in [-0.25, -0.2) is 4.79 Å². The Kier molecular flexibility index (Phi) is 3.69. The Morgan fingerprint density at radius 3 is 2.76 bits per heavy atom. The third kappa shape index (κ3) is 3.03. The molecular formula is C12H17N3O2. The molecule has 2 rings (SSSR count). The van der Waals surface area contributed by atoms with Gasteiger partial charge < -0.3 is 20.3 Å². The summed E-state index contributed by atoms with van der Waals surface area (Å²) in [5.41, 5.74) is 1.05. The molecule has 0 unspecified atom stereocenters. The molecule has 0 aromatic heterocycles. The molecule has 1 saturated heterocycles. The highest BCUT2D eigenvalue weighted by molar-refractivity contribution is 5.76. The standard InChI is InChI=1S/C12H17N3O2/c1-13-10-2-4-11(5-3-10)17-9-8-15-7-6-14-12(15)16/h2-5,13H,6-9H2,1H3,(H,14,16). The zero-order chi connectivity index (χ0) is 12.1. The van der Waals surface area contributed by atoms with Crippen LogP contribution in [-0.4, -0.2) is 44.2 Å². The number of ether oxygens (including phenoxy) is 1. The van der Waals surface area contributed by atoms with Gasteiger partial charge in [0.05, 0.1) is 6.54 Å². The molecule has 5 nitrogen and oxygen atoms in total. The molecule has 17 heavy (non-hydrogen) atoms. The summed E-state index contributed by atoms with van der Waals surface area (Å²) in [6.45, 7) is 2.64. The molecule has 0 bridgehead atoms. The Bertz CT molecular complexity index is 378. The normalized spacial score (nSPS) is 14.6. The molecule has 0 spiro atoms. The van der Waals surface area contributed by atoms with Crippen molar-refractivity contribution in [3.05, 3.63) is 24.3 Å². The SMILES string of the molecule is CNc1ccc(OCCN2CCNC2=O)cc1. The first-order valence-corrected chi connectivity index (χ1v) is 5.73. The van der Waals surface area contributed by atoms with Crippen LogP contribution >= 0.6 is 0 Å². The van der Waals surface area contributed by atoms with Gasteiger partial charge in [0, 0.05) is 25.8 Å². The van der Waals surface area contributed by atoms with Crippen LogP contribution in [0.2, 0.25) is 0 Å². The number of nitrogens with zero attached hydrogens (tertiary/aromatic N) is 1. The van der Waals surface area contributed by atoms with E-state index < -0.39 is 0 Å². The van der Waals surface area contributed by atoms with Crippen LogP contribution in [-0.2, 0) is 0 Å². The van der Waals surface area contributed by atoms with Gasteiger partial charge in [-0.2, -0.15) is 0 Å². The smallest absolute Gasteiger partial charge is 0.317 e. The Labute approximate surface area is 101 Å². The lowest BCUT2D eigenvalue weighted by atomic mass is 10.3. The van der Waals surface area contributed by atoms with Crippen LogP contribution in [0.3, 0.4) is 0 Å². The summed E-state index contributed by atoms with van der Waals surface area (Å²) in [6.07, 6.45) is 0. The van der Waals surface area contributed by atoms with Crippen LogP contribution < -0.4 is 15.4 Å². The van der Waals surface area contributed by atoms with Crippen LogP contribution in [0, 0.1) is 0 Å². The van der Waals surface area contributed by atoms with E-state index in [2.05, 4.69) is 10.6 Å². The maximum atomic E-state index is 11.3. The second-order valence-electron chi connectivity index (χ2n) is 3.84. The lowest BCUT2D eigenvalue weighted by molar-refractivity contribution is 0.202. The van der Waals surface area contributed by atoms with Gasteiger partial charge in [-0.3, -0.25) is 0 Å². The molecule has 92 valence electrons. The van der Waals surface area contributed by atoms with Gasteiger partial charge in [0.25, 0.3) is 0 Å². The highest BCUT2D eigenvalue weighted by Gasteiger charge is 2.18. The minimum atomic E-state index is -0.000805. The lowest BCUT2D eigenvalue weighted by Crippen LogP contribution is -2.31. The van der Waals surface area contributed by atoms with Crippen LogP contribution in [0.15, 0.2) is 24.3 Å². The second kappa shape index (κ2) is 5.43. The maximum Gasteiger partial charge on any atom is 0.317 e. The van der Waals surface area contributed by atoms with Crippen LogP contribution in [0.5, 0.6) is 5.75 Å². The van der Waals surface area contributed by atoms with Crippen molar-refractivity contribution in [1.82, 2.24) is 10.2 Å². The summed E-state index contributed by atoms with van der Waals surface area (Å²) in [5.74, 6) is 0.823. The van der Waals surface area contributed by atoms with E-state index in [-0.39, 0.29) is 6.03 Å². The van der Waals surface area contributed by atoms with E-state index in [0.717, 1.165) is 24.5 Å². The summed E-state index contributed by atoms with van der Waals surface area (Å²) in [5, 5.41) is 5.80. The molecule has 0 radical (unpaired) electrons. The largest absolute Gasteiger partial charge is 0.492 e. The van der Waals surface area contributed by atoms with Crippen molar-refractivity contribution >= 4 is 11.7 Å². The van der Waals surface area contributed by atoms with Gasteiger partial charge in [0.15, 0.2) is 0 Å². The molecule has 0 atom stereocenters. The van der Waals surface area contributed by atoms with Gasteiger partial charge in [-0.05, 0) is 24.3 Å². The van der Waals surface area contributed by atoms with E-state index in [1.807, 2.05) is 31.3 Å². The molecule has 1 aliphatic heterocycles. The van der Waals surface area contributed by atoms with Crippen LogP contribution in [0.25, 0.3) is 0 Å². The fourth-order valence-electron chi connectivity index (χ4n) is 1.72. The number of hydrogen-bond donors (Lipinski definition) is 2. The molecule has 2 N–H and O–H groups in total. The number of hydrogen-bond acceptors (Lipinski definition) is 3. The number of carbonyl (C=O) groups is 1. The summed E-state index contributed by atoms with van der Waals surface area (Å²) in [4.78, 5) is 13.0. The van der Waals surface area contributed by atoms with Crippen molar-refractivity contribution in [3.8, 4) is 5.75 Å². The molecule has 0 saturated carbocycles. The van der Waals surface area contributed by atoms with Gasteiger partial charge in [-0.15, -0.1) is 0 Å². The number of anilines is 1. The van der Waals surface area contributed by atoms with E-state index >= 15 is 0 Å². The van der Waals surface area contributed by atoms with Crippen LogP contribution in [0.1, 0.15) is 0 Å². The maximum absolute atomic E-state index is 11.3. The first kappa shape index (κ1) is 11.6. The molecule has 1 heterocycles. The van der Waals surface area contributed by atoms with Crippen LogP contribution in [0.4, 0.5) is 10.5 Å². The summed E-state index contributed by atoms with van der Waals surface area (Å²) in [7, 11) is 1.88. The van der Waals surface area contributed by atoms with Gasteiger partial charge in [-0.1, -0.05) is 0 Å². The van der Waals surface area contributed by atoms with Crippen molar-refractivity contribution in [2.45, 2.75) is 0 Å². The van der Waals surface area contributed by atoms with Crippen molar-refractivity contribution < 1.29 is 9.53 Å². The molecule has 1 aliphatic rings. The second-order valence-corrected chi connectivity index (χ2v) is 3.84. The molecule has 1 fully saturated rings. The summed E-state index contributed by atoms with van der Waals surface area (Å²) in [6, 6.07) is 7.74. The molecule has 0 aliphatic carbocycles. The highest BCUT2D eigenvalue weighted by atomic mass is 16.5. The lowest BCUT2D eigenvalue weighted by Gasteiger charge is -2.14. The summed E-state index contributed by atoms with van der Waals surface area (Å²) < 4.78 is 5.57. The van der Waals surface area contributed by atoms with Crippen molar-refractivity contribution in [1.29, 1.82) is 0 Å². The summed E-state index contributed by atoms with van der Waals surface area (Å²) >= 11 is 0. The zero-order valence-electron chi connectivity index (χ0n) is 9.90. The van der Waals surface area contributed by atoms with Gasteiger partial charge in [0.1, 0.15) is 12.4 Å². The predicted molar refractivity (Wildman–Crippen MR) is 66.5 cm³/mol. The van der Waals surface area contributed by atoms with E-state index in [4.69, 9.17) is 4.74 Å². The average Bonchev–Trinajstić information content (AvgIpc) is 2.76. The van der Waals surface area contributed by atoms with E-state index in [9.17, 15) is 4.79 Å². The quantitative estimate of drug-likeness (QED) is 0.804. The van der Waals surface area contributed by atoms with E-state index in [1.54, 1.807) is 4.90 Å². The third-order valence-corrected chi connectivity index (χ3v) is 2.72. The first-order valence-electron chi connectivity index (χ1n) is 5.73. The number of nitrogens with one attached hydrogen (secondary N) is 2. The topological polar surface area (TPSA) is 53.6 Å². The minimum absolute atomic E-state index is 0.000805. The Balaban J connectivity index is 1.75. The first-order chi connectivity index (χ1) is 8.29. The number of rotatable bonds is 5. The molecule has 1 aromatic carbocycles. The Morgan fingerprint density at radius 1 is 1.41 bits per heavy atom. The Morgan fingerprint density at radius 2 is 2.18 bits per heavy atom. The monoisotopic (exact) mass is 235 g/mol. The molecule has 5 heteroatoms. The number of urea groups is 1.